The molecular formula is C14H25N3O3S. The standard InChI is InChI=1S/C14H25N3O3S/c1-7-9(3)10(15-12(18)20-14(4,5)6)11-16-17-13(19-11)21-8-2/h9-10H,7-8H2,1-6H3,(H,15,18)/t9-,10+/m1/s1. The lowest BCUT2D eigenvalue weighted by molar-refractivity contribution is 0.0474. The van der Waals surface area contributed by atoms with Gasteiger partial charge in [0.25, 0.3) is 5.22 Å². The van der Waals surface area contributed by atoms with Crippen LogP contribution in [0.4, 0.5) is 4.79 Å². The van der Waals surface area contributed by atoms with E-state index in [1.54, 1.807) is 0 Å². The fraction of sp³-hybridized carbons (Fsp3) is 0.786. The number of alkyl carbamates (subject to hydrolysis) is 1. The lowest BCUT2D eigenvalue weighted by Crippen LogP contribution is -2.37. The number of amides is 1. The number of hydrogen-bond donors (Lipinski definition) is 1. The molecule has 1 aromatic heterocycles. The molecular weight excluding hydrogens is 290 g/mol. The molecule has 0 aliphatic heterocycles. The first-order valence-corrected chi connectivity index (χ1v) is 8.21. The van der Waals surface area contributed by atoms with Crippen LogP contribution in [0, 0.1) is 5.92 Å². The Kier molecular flexibility index (Phi) is 6.51. The zero-order chi connectivity index (χ0) is 16.0. The van der Waals surface area contributed by atoms with Gasteiger partial charge in [-0.2, -0.15) is 0 Å². The number of carbonyl (C=O) groups is 1. The van der Waals surface area contributed by atoms with Crippen molar-refractivity contribution in [2.75, 3.05) is 5.75 Å². The van der Waals surface area contributed by atoms with E-state index < -0.39 is 11.7 Å². The van der Waals surface area contributed by atoms with Crippen molar-refractivity contribution in [3.8, 4) is 0 Å². The summed E-state index contributed by atoms with van der Waals surface area (Å²) in [5.41, 5.74) is -0.540. The molecule has 0 bridgehead atoms. The molecule has 6 nitrogen and oxygen atoms in total. The molecule has 0 spiro atoms. The van der Waals surface area contributed by atoms with Crippen LogP contribution in [0.2, 0.25) is 0 Å². The second-order valence-electron chi connectivity index (χ2n) is 5.85. The molecule has 1 rings (SSSR count). The van der Waals surface area contributed by atoms with E-state index in [2.05, 4.69) is 15.5 Å². The minimum atomic E-state index is -0.540. The van der Waals surface area contributed by atoms with E-state index in [1.807, 2.05) is 41.5 Å². The molecule has 0 saturated heterocycles. The largest absolute Gasteiger partial charge is 0.444 e. The highest BCUT2D eigenvalue weighted by molar-refractivity contribution is 7.99. The Bertz CT molecular complexity index is 457. The Labute approximate surface area is 130 Å². The first kappa shape index (κ1) is 17.8. The van der Waals surface area contributed by atoms with Gasteiger partial charge in [-0.3, -0.25) is 0 Å². The quantitative estimate of drug-likeness (QED) is 0.805. The predicted octanol–water partition coefficient (Wildman–Crippen LogP) is 3.79. The maximum absolute atomic E-state index is 12.0. The lowest BCUT2D eigenvalue weighted by Gasteiger charge is -2.24. The monoisotopic (exact) mass is 315 g/mol. The van der Waals surface area contributed by atoms with Gasteiger partial charge in [0.1, 0.15) is 11.6 Å². The van der Waals surface area contributed by atoms with E-state index in [4.69, 9.17) is 9.15 Å². The van der Waals surface area contributed by atoms with Gasteiger partial charge < -0.3 is 14.5 Å². The Hall–Kier alpha value is -1.24. The van der Waals surface area contributed by atoms with E-state index in [0.29, 0.717) is 11.1 Å². The minimum Gasteiger partial charge on any atom is -0.444 e. The molecule has 0 saturated carbocycles. The third-order valence-corrected chi connectivity index (χ3v) is 3.54. The summed E-state index contributed by atoms with van der Waals surface area (Å²) in [6, 6.07) is -0.344. The van der Waals surface area contributed by atoms with E-state index in [9.17, 15) is 4.79 Å². The maximum Gasteiger partial charge on any atom is 0.408 e. The summed E-state index contributed by atoms with van der Waals surface area (Å²) < 4.78 is 10.9. The molecule has 0 unspecified atom stereocenters. The van der Waals surface area contributed by atoms with Gasteiger partial charge in [0, 0.05) is 0 Å². The number of hydrogen-bond acceptors (Lipinski definition) is 6. The Morgan fingerprint density at radius 1 is 1.38 bits per heavy atom. The van der Waals surface area contributed by atoms with Crippen LogP contribution < -0.4 is 5.32 Å². The number of ether oxygens (including phenoxy) is 1. The zero-order valence-electron chi connectivity index (χ0n) is 13.6. The van der Waals surface area contributed by atoms with E-state index in [-0.39, 0.29) is 12.0 Å². The maximum atomic E-state index is 12.0. The smallest absolute Gasteiger partial charge is 0.408 e. The van der Waals surface area contributed by atoms with Crippen molar-refractivity contribution in [1.82, 2.24) is 15.5 Å². The second kappa shape index (κ2) is 7.68. The van der Waals surface area contributed by atoms with Gasteiger partial charge in [0.2, 0.25) is 5.89 Å². The van der Waals surface area contributed by atoms with Crippen LogP contribution in [-0.4, -0.2) is 27.6 Å². The molecule has 0 aliphatic rings. The van der Waals surface area contributed by atoms with Crippen LogP contribution in [0.3, 0.4) is 0 Å². The van der Waals surface area contributed by atoms with Crippen molar-refractivity contribution in [3.63, 3.8) is 0 Å². The fourth-order valence-corrected chi connectivity index (χ4v) is 2.14. The van der Waals surface area contributed by atoms with Crippen LogP contribution in [-0.2, 0) is 4.74 Å². The summed E-state index contributed by atoms with van der Waals surface area (Å²) >= 11 is 1.48. The number of rotatable bonds is 6. The number of aromatic nitrogens is 2. The zero-order valence-corrected chi connectivity index (χ0v) is 14.4. The van der Waals surface area contributed by atoms with Crippen LogP contribution in [0.15, 0.2) is 9.64 Å². The van der Waals surface area contributed by atoms with Gasteiger partial charge in [-0.25, -0.2) is 4.79 Å². The summed E-state index contributed by atoms with van der Waals surface area (Å²) in [6.45, 7) is 11.6. The summed E-state index contributed by atoms with van der Waals surface area (Å²) in [7, 11) is 0. The Balaban J connectivity index is 2.82. The number of nitrogens with one attached hydrogen (secondary N) is 1. The molecule has 1 aromatic rings. The highest BCUT2D eigenvalue weighted by atomic mass is 32.2. The van der Waals surface area contributed by atoms with Crippen molar-refractivity contribution in [3.05, 3.63) is 5.89 Å². The molecule has 0 aliphatic carbocycles. The summed E-state index contributed by atoms with van der Waals surface area (Å²) in [6.07, 6.45) is 0.398. The molecule has 21 heavy (non-hydrogen) atoms. The topological polar surface area (TPSA) is 77.2 Å². The van der Waals surface area contributed by atoms with Gasteiger partial charge in [-0.15, -0.1) is 10.2 Å². The van der Waals surface area contributed by atoms with Gasteiger partial charge in [-0.05, 0) is 32.4 Å². The van der Waals surface area contributed by atoms with E-state index >= 15 is 0 Å². The normalized spacial score (nSPS) is 14.6. The first-order valence-electron chi connectivity index (χ1n) is 7.22. The van der Waals surface area contributed by atoms with Crippen molar-refractivity contribution >= 4 is 17.9 Å². The van der Waals surface area contributed by atoms with Crippen LogP contribution in [0.25, 0.3) is 0 Å². The third kappa shape index (κ3) is 5.95. The lowest BCUT2D eigenvalue weighted by atomic mass is 9.99. The van der Waals surface area contributed by atoms with E-state index in [0.717, 1.165) is 12.2 Å². The Morgan fingerprint density at radius 2 is 2.05 bits per heavy atom. The second-order valence-corrected chi connectivity index (χ2v) is 7.06. The van der Waals surface area contributed by atoms with Gasteiger partial charge in [0.05, 0.1) is 0 Å². The van der Waals surface area contributed by atoms with Crippen LogP contribution >= 0.6 is 11.8 Å². The van der Waals surface area contributed by atoms with Crippen molar-refractivity contribution in [2.45, 2.75) is 64.8 Å². The molecule has 1 amide bonds. The minimum absolute atomic E-state index is 0.164. The molecule has 0 radical (unpaired) electrons. The molecule has 1 heterocycles. The molecule has 0 aromatic carbocycles. The molecule has 2 atom stereocenters. The highest BCUT2D eigenvalue weighted by Gasteiger charge is 2.28. The third-order valence-electron chi connectivity index (χ3n) is 2.84. The molecule has 7 heteroatoms. The number of thioether (sulfide) groups is 1. The fourth-order valence-electron chi connectivity index (χ4n) is 1.65. The predicted molar refractivity (Wildman–Crippen MR) is 82.3 cm³/mol. The molecule has 0 fully saturated rings. The van der Waals surface area contributed by atoms with Crippen LogP contribution in [0.5, 0.6) is 0 Å². The average Bonchev–Trinajstić information content (AvgIpc) is 2.82. The molecule has 120 valence electrons. The molecule has 1 N–H and O–H groups in total. The SMILES string of the molecule is CCSc1nnc([C@@H](NC(=O)OC(C)(C)C)[C@H](C)CC)o1. The number of nitrogens with zero attached hydrogens (tertiary/aromatic N) is 2. The van der Waals surface area contributed by atoms with Crippen LogP contribution in [0.1, 0.15) is 59.9 Å². The average molecular weight is 315 g/mol. The van der Waals surface area contributed by atoms with Crippen molar-refractivity contribution in [1.29, 1.82) is 0 Å². The van der Waals surface area contributed by atoms with E-state index in [1.165, 1.54) is 11.8 Å². The Morgan fingerprint density at radius 3 is 2.57 bits per heavy atom. The summed E-state index contributed by atoms with van der Waals surface area (Å²) in [5.74, 6) is 1.44. The number of carbonyl (C=O) groups excluding carboxylic acids is 1. The first-order chi connectivity index (χ1) is 9.76. The van der Waals surface area contributed by atoms with Crippen molar-refractivity contribution in [2.24, 2.45) is 5.92 Å². The highest BCUT2D eigenvalue weighted by Crippen LogP contribution is 2.26. The summed E-state index contributed by atoms with van der Waals surface area (Å²) in [4.78, 5) is 12.0. The van der Waals surface area contributed by atoms with Crippen molar-refractivity contribution < 1.29 is 13.9 Å². The summed E-state index contributed by atoms with van der Waals surface area (Å²) in [5, 5.41) is 11.4. The van der Waals surface area contributed by atoms with Gasteiger partial charge in [-0.1, -0.05) is 39.0 Å². The van der Waals surface area contributed by atoms with Gasteiger partial charge in [0.15, 0.2) is 0 Å². The van der Waals surface area contributed by atoms with Gasteiger partial charge >= 0.3 is 6.09 Å².